The van der Waals surface area contributed by atoms with Crippen molar-refractivity contribution < 1.29 is 32.2 Å². The molecular weight excluding hydrogens is 170 g/mol. The van der Waals surface area contributed by atoms with Crippen LogP contribution >= 0.6 is 0 Å². The molecule has 11 heavy (non-hydrogen) atoms. The van der Waals surface area contributed by atoms with E-state index in [9.17, 15) is 0 Å². The zero-order valence-corrected chi connectivity index (χ0v) is 7.46. The summed E-state index contributed by atoms with van der Waals surface area (Å²) >= 11 is 0. The van der Waals surface area contributed by atoms with Crippen LogP contribution in [-0.4, -0.2) is 46.5 Å². The summed E-state index contributed by atoms with van der Waals surface area (Å²) in [7, 11) is 0. The van der Waals surface area contributed by atoms with Crippen molar-refractivity contribution in [2.24, 2.45) is 0 Å². The molecule has 0 bridgehead atoms. The summed E-state index contributed by atoms with van der Waals surface area (Å²) in [4.78, 5) is 0. The molecule has 3 N–H and O–H groups in total. The SMILES string of the molecule is CCC[N+](CO)(CO)CO.[Cl-]. The molecule has 0 fully saturated rings. The second-order valence-electron chi connectivity index (χ2n) is 2.49. The van der Waals surface area contributed by atoms with Gasteiger partial charge in [0.05, 0.1) is 6.54 Å². The van der Waals surface area contributed by atoms with Gasteiger partial charge < -0.3 is 27.7 Å². The van der Waals surface area contributed by atoms with Crippen LogP contribution in [-0.2, 0) is 0 Å². The van der Waals surface area contributed by atoms with Gasteiger partial charge in [0.1, 0.15) is 0 Å². The van der Waals surface area contributed by atoms with Gasteiger partial charge in [-0.1, -0.05) is 6.92 Å². The lowest BCUT2D eigenvalue weighted by atomic mass is 10.4. The standard InChI is InChI=1S/C6H16NO3.ClH/c1-2-3-7(4-8,5-9)6-10;/h8-10H,2-6H2,1H3;1H/q+1;/p-1. The van der Waals surface area contributed by atoms with Gasteiger partial charge in [0.15, 0.2) is 20.2 Å². The molecule has 0 unspecified atom stereocenters. The number of halogens is 1. The summed E-state index contributed by atoms with van der Waals surface area (Å²) in [5, 5.41) is 26.3. The van der Waals surface area contributed by atoms with E-state index in [1.807, 2.05) is 6.92 Å². The maximum absolute atomic E-state index is 8.76. The number of nitrogens with zero attached hydrogens (tertiary/aromatic N) is 1. The van der Waals surface area contributed by atoms with E-state index in [4.69, 9.17) is 15.3 Å². The van der Waals surface area contributed by atoms with E-state index in [0.717, 1.165) is 6.42 Å². The Morgan fingerprint density at radius 3 is 1.45 bits per heavy atom. The lowest BCUT2D eigenvalue weighted by Crippen LogP contribution is -3.00. The molecule has 0 aliphatic carbocycles. The van der Waals surface area contributed by atoms with Gasteiger partial charge in [0.2, 0.25) is 0 Å². The maximum atomic E-state index is 8.76. The van der Waals surface area contributed by atoms with Crippen LogP contribution in [0.3, 0.4) is 0 Å². The average Bonchev–Trinajstić information content (AvgIpc) is 2.01. The van der Waals surface area contributed by atoms with Crippen LogP contribution in [0, 0.1) is 0 Å². The normalized spacial score (nSPS) is 10.9. The zero-order valence-electron chi connectivity index (χ0n) is 6.70. The topological polar surface area (TPSA) is 60.7 Å². The molecule has 0 aromatic carbocycles. The molecular formula is C6H16ClNO3. The van der Waals surface area contributed by atoms with Crippen LogP contribution < -0.4 is 12.4 Å². The summed E-state index contributed by atoms with van der Waals surface area (Å²) < 4.78 is -0.0312. The van der Waals surface area contributed by atoms with Crippen molar-refractivity contribution in [1.29, 1.82) is 0 Å². The minimum Gasteiger partial charge on any atom is -1.00 e. The summed E-state index contributed by atoms with van der Waals surface area (Å²) in [6, 6.07) is 0. The van der Waals surface area contributed by atoms with Crippen molar-refractivity contribution >= 4 is 0 Å². The average molecular weight is 186 g/mol. The van der Waals surface area contributed by atoms with E-state index in [0.29, 0.717) is 6.54 Å². The molecule has 0 aliphatic rings. The van der Waals surface area contributed by atoms with E-state index in [-0.39, 0.29) is 37.1 Å². The smallest absolute Gasteiger partial charge is 0.183 e. The number of hydrogen-bond acceptors (Lipinski definition) is 3. The van der Waals surface area contributed by atoms with Gasteiger partial charge in [0, 0.05) is 0 Å². The maximum Gasteiger partial charge on any atom is 0.183 e. The number of hydrogen-bond donors (Lipinski definition) is 3. The molecule has 0 rings (SSSR count). The predicted molar refractivity (Wildman–Crippen MR) is 36.7 cm³/mol. The monoisotopic (exact) mass is 185 g/mol. The number of rotatable bonds is 5. The molecule has 0 saturated carbocycles. The van der Waals surface area contributed by atoms with Gasteiger partial charge in [-0.3, -0.25) is 4.48 Å². The molecule has 0 saturated heterocycles. The fraction of sp³-hybridized carbons (Fsp3) is 1.00. The third kappa shape index (κ3) is 3.88. The highest BCUT2D eigenvalue weighted by molar-refractivity contribution is 4.26. The van der Waals surface area contributed by atoms with E-state index < -0.39 is 0 Å². The lowest BCUT2D eigenvalue weighted by Gasteiger charge is -2.31. The van der Waals surface area contributed by atoms with Crippen molar-refractivity contribution in [3.8, 4) is 0 Å². The van der Waals surface area contributed by atoms with Crippen molar-refractivity contribution in [2.45, 2.75) is 13.3 Å². The molecule has 5 heteroatoms. The third-order valence-corrected chi connectivity index (χ3v) is 1.60. The Morgan fingerprint density at radius 2 is 1.36 bits per heavy atom. The molecule has 0 atom stereocenters. The molecule has 0 radical (unpaired) electrons. The Balaban J connectivity index is 0. The second kappa shape index (κ2) is 6.82. The second-order valence-corrected chi connectivity index (χ2v) is 2.49. The van der Waals surface area contributed by atoms with Gasteiger partial charge in [-0.25, -0.2) is 0 Å². The van der Waals surface area contributed by atoms with Crippen molar-refractivity contribution in [2.75, 3.05) is 26.7 Å². The van der Waals surface area contributed by atoms with Gasteiger partial charge in [-0.05, 0) is 6.42 Å². The molecule has 4 nitrogen and oxygen atoms in total. The lowest BCUT2D eigenvalue weighted by molar-refractivity contribution is -0.976. The van der Waals surface area contributed by atoms with Crippen LogP contribution in [0.1, 0.15) is 13.3 Å². The molecule has 0 amide bonds. The van der Waals surface area contributed by atoms with E-state index in [1.54, 1.807) is 0 Å². The van der Waals surface area contributed by atoms with Gasteiger partial charge in [0.25, 0.3) is 0 Å². The molecule has 0 heterocycles. The van der Waals surface area contributed by atoms with E-state index >= 15 is 0 Å². The first kappa shape index (κ1) is 13.7. The van der Waals surface area contributed by atoms with Crippen LogP contribution in [0.25, 0.3) is 0 Å². The van der Waals surface area contributed by atoms with Crippen molar-refractivity contribution in [1.82, 2.24) is 0 Å². The van der Waals surface area contributed by atoms with Crippen LogP contribution in [0.4, 0.5) is 0 Å². The van der Waals surface area contributed by atoms with Crippen LogP contribution in [0.5, 0.6) is 0 Å². The quantitative estimate of drug-likeness (QED) is 0.303. The molecule has 70 valence electrons. The van der Waals surface area contributed by atoms with Crippen molar-refractivity contribution in [3.63, 3.8) is 0 Å². The Kier molecular flexibility index (Phi) is 8.49. The highest BCUT2D eigenvalue weighted by Crippen LogP contribution is 2.02. The highest BCUT2D eigenvalue weighted by atomic mass is 35.5. The van der Waals surface area contributed by atoms with Crippen LogP contribution in [0.2, 0.25) is 0 Å². The summed E-state index contributed by atoms with van der Waals surface area (Å²) in [6.45, 7) is 1.92. The summed E-state index contributed by atoms with van der Waals surface area (Å²) in [6.07, 6.45) is 0.835. The first-order valence-electron chi connectivity index (χ1n) is 3.42. The number of quaternary nitrogens is 1. The molecule has 0 spiro atoms. The minimum absolute atomic E-state index is 0. The summed E-state index contributed by atoms with van der Waals surface area (Å²) in [5.74, 6) is 0. The molecule has 0 aromatic heterocycles. The highest BCUT2D eigenvalue weighted by Gasteiger charge is 2.22. The largest absolute Gasteiger partial charge is 1.00 e. The number of aliphatic hydroxyl groups is 3. The fourth-order valence-electron chi connectivity index (χ4n) is 0.821. The van der Waals surface area contributed by atoms with Gasteiger partial charge in [-0.2, -0.15) is 0 Å². The Morgan fingerprint density at radius 1 is 1.00 bits per heavy atom. The first-order valence-corrected chi connectivity index (χ1v) is 3.42. The zero-order chi connectivity index (χ0) is 8.04. The minimum atomic E-state index is -0.208. The molecule has 0 aliphatic heterocycles. The first-order chi connectivity index (χ1) is 4.74. The third-order valence-electron chi connectivity index (χ3n) is 1.60. The predicted octanol–water partition coefficient (Wildman–Crippen LogP) is -3.93. The van der Waals surface area contributed by atoms with Crippen molar-refractivity contribution in [3.05, 3.63) is 0 Å². The number of aliphatic hydroxyl groups excluding tert-OH is 3. The van der Waals surface area contributed by atoms with Gasteiger partial charge >= 0.3 is 0 Å². The summed E-state index contributed by atoms with van der Waals surface area (Å²) in [5.41, 5.74) is 0. The Labute approximate surface area is 73.1 Å². The molecule has 0 aromatic rings. The van der Waals surface area contributed by atoms with E-state index in [1.165, 1.54) is 0 Å². The van der Waals surface area contributed by atoms with Gasteiger partial charge in [-0.15, -0.1) is 0 Å². The Hall–Kier alpha value is 0.130. The van der Waals surface area contributed by atoms with E-state index in [2.05, 4.69) is 0 Å². The van der Waals surface area contributed by atoms with Crippen LogP contribution in [0.15, 0.2) is 0 Å². The Bertz CT molecular complexity index is 79.6. The fourth-order valence-corrected chi connectivity index (χ4v) is 0.821.